The first-order valence-corrected chi connectivity index (χ1v) is 11.5. The number of carbonyl (C=O) groups excluding carboxylic acids is 1. The van der Waals surface area contributed by atoms with Gasteiger partial charge < -0.3 is 24.7 Å². The van der Waals surface area contributed by atoms with E-state index in [9.17, 15) is 4.79 Å². The summed E-state index contributed by atoms with van der Waals surface area (Å²) in [5, 5.41) is 15.2. The summed E-state index contributed by atoms with van der Waals surface area (Å²) in [5.41, 5.74) is 3.81. The van der Waals surface area contributed by atoms with Crippen LogP contribution in [0.25, 0.3) is 33.5 Å². The highest BCUT2D eigenvalue weighted by molar-refractivity contribution is 6.01. The quantitative estimate of drug-likeness (QED) is 0.462. The van der Waals surface area contributed by atoms with Gasteiger partial charge >= 0.3 is 0 Å². The van der Waals surface area contributed by atoms with Gasteiger partial charge in [-0.3, -0.25) is 4.79 Å². The van der Waals surface area contributed by atoms with Crippen LogP contribution in [0.1, 0.15) is 19.8 Å². The monoisotopic (exact) mass is 459 g/mol. The van der Waals surface area contributed by atoms with Gasteiger partial charge in [0.15, 0.2) is 17.2 Å². The van der Waals surface area contributed by atoms with E-state index in [4.69, 9.17) is 14.1 Å². The molecule has 1 saturated heterocycles. The number of pyridine rings is 1. The van der Waals surface area contributed by atoms with Crippen LogP contribution in [0.4, 0.5) is 17.3 Å². The summed E-state index contributed by atoms with van der Waals surface area (Å²) in [6.45, 7) is 4.47. The predicted octanol–water partition coefficient (Wildman–Crippen LogP) is 3.45. The number of nitrogens with zero attached hydrogens (tertiary/aromatic N) is 5. The topological polar surface area (TPSA) is 118 Å². The number of nitrogens with one attached hydrogen (secondary N) is 2. The Balaban J connectivity index is 1.40. The molecule has 1 saturated carbocycles. The van der Waals surface area contributed by atoms with Crippen molar-refractivity contribution in [1.29, 1.82) is 0 Å². The number of morpholine rings is 1. The van der Waals surface area contributed by atoms with E-state index in [2.05, 4.69) is 37.6 Å². The lowest BCUT2D eigenvalue weighted by Gasteiger charge is -2.32. The van der Waals surface area contributed by atoms with Crippen LogP contribution in [-0.2, 0) is 9.53 Å². The SMILES string of the molecule is CNc1ncc(-c2nc3cc(N4CCO[C@@H](C)C4)ccc3o2)c2cc(NC(=O)C3CC3)nnc12. The number of fused-ring (bicyclic) bond motifs is 2. The standard InChI is InChI=1S/C24H25N7O3/c1-13-12-31(7-8-33-13)15-5-6-19-18(9-15)27-24(34-19)17-11-26-22(25-2)21-16(17)10-20(29-30-21)28-23(32)14-3-4-14/h5-6,9-11,13-14H,3-4,7-8,12H2,1-2H3,(H,25,26)(H,28,29,32)/t13-/m0/s1. The Hall–Kier alpha value is -3.79. The van der Waals surface area contributed by atoms with Crippen LogP contribution in [0.15, 0.2) is 34.9 Å². The van der Waals surface area contributed by atoms with Gasteiger partial charge in [0, 0.05) is 43.3 Å². The van der Waals surface area contributed by atoms with Gasteiger partial charge in [-0.1, -0.05) is 0 Å². The van der Waals surface area contributed by atoms with Gasteiger partial charge in [0.1, 0.15) is 11.0 Å². The van der Waals surface area contributed by atoms with Crippen molar-refractivity contribution in [3.8, 4) is 11.5 Å². The number of oxazole rings is 1. The molecular formula is C24H25N7O3. The number of benzene rings is 1. The molecule has 34 heavy (non-hydrogen) atoms. The van der Waals surface area contributed by atoms with Crippen molar-refractivity contribution in [1.82, 2.24) is 20.2 Å². The molecule has 6 rings (SSSR count). The van der Waals surface area contributed by atoms with Crippen LogP contribution in [-0.4, -0.2) is 58.9 Å². The van der Waals surface area contributed by atoms with E-state index in [0.29, 0.717) is 40.8 Å². The van der Waals surface area contributed by atoms with Crippen molar-refractivity contribution >= 4 is 45.2 Å². The summed E-state index contributed by atoms with van der Waals surface area (Å²) in [5.74, 6) is 1.48. The van der Waals surface area contributed by atoms with Crippen LogP contribution in [0.2, 0.25) is 0 Å². The lowest BCUT2D eigenvalue weighted by molar-refractivity contribution is -0.117. The zero-order valence-electron chi connectivity index (χ0n) is 19.0. The maximum absolute atomic E-state index is 12.2. The summed E-state index contributed by atoms with van der Waals surface area (Å²) < 4.78 is 11.8. The highest BCUT2D eigenvalue weighted by Crippen LogP contribution is 2.35. The molecule has 0 bridgehead atoms. The Morgan fingerprint density at radius 1 is 1.21 bits per heavy atom. The van der Waals surface area contributed by atoms with Gasteiger partial charge in [-0.15, -0.1) is 10.2 Å². The fraction of sp³-hybridized carbons (Fsp3) is 0.375. The van der Waals surface area contributed by atoms with Crippen molar-refractivity contribution in [2.75, 3.05) is 42.3 Å². The van der Waals surface area contributed by atoms with Crippen LogP contribution >= 0.6 is 0 Å². The predicted molar refractivity (Wildman–Crippen MR) is 129 cm³/mol. The molecule has 0 unspecified atom stereocenters. The van der Waals surface area contributed by atoms with Crippen molar-refractivity contribution < 1.29 is 13.9 Å². The van der Waals surface area contributed by atoms with Crippen molar-refractivity contribution in [3.63, 3.8) is 0 Å². The molecular weight excluding hydrogens is 434 g/mol. The second-order valence-corrected chi connectivity index (χ2v) is 8.82. The number of hydrogen-bond acceptors (Lipinski definition) is 9. The van der Waals surface area contributed by atoms with E-state index >= 15 is 0 Å². The smallest absolute Gasteiger partial charge is 0.229 e. The van der Waals surface area contributed by atoms with Gasteiger partial charge in [0.2, 0.25) is 11.8 Å². The first kappa shape index (κ1) is 20.8. The molecule has 0 spiro atoms. The van der Waals surface area contributed by atoms with Crippen molar-refractivity contribution in [3.05, 3.63) is 30.5 Å². The van der Waals surface area contributed by atoms with Crippen molar-refractivity contribution in [2.45, 2.75) is 25.9 Å². The van der Waals surface area contributed by atoms with E-state index in [1.165, 1.54) is 0 Å². The van der Waals surface area contributed by atoms with Crippen LogP contribution in [0, 0.1) is 5.92 Å². The number of carbonyl (C=O) groups is 1. The zero-order valence-corrected chi connectivity index (χ0v) is 19.0. The maximum atomic E-state index is 12.2. The third-order valence-electron chi connectivity index (χ3n) is 6.28. The molecule has 174 valence electrons. The second-order valence-electron chi connectivity index (χ2n) is 8.82. The first-order valence-electron chi connectivity index (χ1n) is 11.5. The summed E-state index contributed by atoms with van der Waals surface area (Å²) in [6, 6.07) is 7.84. The highest BCUT2D eigenvalue weighted by atomic mass is 16.5. The lowest BCUT2D eigenvalue weighted by atomic mass is 10.1. The fourth-order valence-electron chi connectivity index (χ4n) is 4.30. The molecule has 1 aromatic carbocycles. The van der Waals surface area contributed by atoms with Crippen molar-refractivity contribution in [2.24, 2.45) is 5.92 Å². The third kappa shape index (κ3) is 3.79. The summed E-state index contributed by atoms with van der Waals surface area (Å²) in [7, 11) is 1.78. The van der Waals surface area contributed by atoms with Gasteiger partial charge in [0.25, 0.3) is 0 Å². The minimum absolute atomic E-state index is 0.0232. The van der Waals surface area contributed by atoms with Gasteiger partial charge in [-0.05, 0) is 44.0 Å². The summed E-state index contributed by atoms with van der Waals surface area (Å²) >= 11 is 0. The molecule has 3 aromatic heterocycles. The molecule has 4 heterocycles. The van der Waals surface area contributed by atoms with Crippen LogP contribution < -0.4 is 15.5 Å². The van der Waals surface area contributed by atoms with Gasteiger partial charge in [-0.25, -0.2) is 9.97 Å². The average Bonchev–Trinajstić information content (AvgIpc) is 3.62. The molecule has 2 fully saturated rings. The van der Waals surface area contributed by atoms with Gasteiger partial charge in [-0.2, -0.15) is 0 Å². The Bertz CT molecular complexity index is 1400. The first-order chi connectivity index (χ1) is 16.6. The summed E-state index contributed by atoms with van der Waals surface area (Å²) in [6.07, 6.45) is 3.73. The molecule has 1 aliphatic carbocycles. The minimum atomic E-state index is -0.0232. The Labute approximate surface area is 195 Å². The zero-order chi connectivity index (χ0) is 23.2. The van der Waals surface area contributed by atoms with E-state index in [-0.39, 0.29) is 17.9 Å². The Kier molecular flexibility index (Phi) is 5.02. The minimum Gasteiger partial charge on any atom is -0.436 e. The highest BCUT2D eigenvalue weighted by Gasteiger charge is 2.30. The van der Waals surface area contributed by atoms with E-state index in [1.807, 2.05) is 18.2 Å². The third-order valence-corrected chi connectivity index (χ3v) is 6.28. The number of amides is 1. The number of ether oxygens (including phenoxy) is 1. The molecule has 1 amide bonds. The molecule has 1 aliphatic heterocycles. The molecule has 4 aromatic rings. The number of hydrogen-bond donors (Lipinski definition) is 2. The second kappa shape index (κ2) is 8.21. The normalized spacial score (nSPS) is 18.4. The van der Waals surface area contributed by atoms with Crippen LogP contribution in [0.3, 0.4) is 0 Å². The molecule has 1 atom stereocenters. The molecule has 0 radical (unpaired) electrons. The number of rotatable bonds is 5. The fourth-order valence-corrected chi connectivity index (χ4v) is 4.30. The van der Waals surface area contributed by atoms with E-state index in [0.717, 1.165) is 42.5 Å². The molecule has 2 N–H and O–H groups in total. The molecule has 10 heteroatoms. The van der Waals surface area contributed by atoms with E-state index < -0.39 is 0 Å². The lowest BCUT2D eigenvalue weighted by Crippen LogP contribution is -2.41. The van der Waals surface area contributed by atoms with E-state index in [1.54, 1.807) is 19.3 Å². The Morgan fingerprint density at radius 2 is 2.09 bits per heavy atom. The molecule has 2 aliphatic rings. The summed E-state index contributed by atoms with van der Waals surface area (Å²) in [4.78, 5) is 23.8. The number of anilines is 3. The maximum Gasteiger partial charge on any atom is 0.229 e. The number of aromatic nitrogens is 4. The van der Waals surface area contributed by atoms with Gasteiger partial charge in [0.05, 0.1) is 18.3 Å². The van der Waals surface area contributed by atoms with Crippen LogP contribution in [0.5, 0.6) is 0 Å². The molecule has 10 nitrogen and oxygen atoms in total. The Morgan fingerprint density at radius 3 is 2.88 bits per heavy atom. The largest absolute Gasteiger partial charge is 0.436 e. The average molecular weight is 460 g/mol.